The second-order valence-corrected chi connectivity index (χ2v) is 5.44. The Morgan fingerprint density at radius 2 is 2.08 bits per heavy atom. The molecule has 3 aromatic rings. The van der Waals surface area contributed by atoms with Crippen LogP contribution in [0.3, 0.4) is 0 Å². The van der Waals surface area contributed by atoms with Gasteiger partial charge in [-0.1, -0.05) is 16.4 Å². The van der Waals surface area contributed by atoms with E-state index < -0.39 is 6.04 Å². The second-order valence-electron chi connectivity index (χ2n) is 5.44. The summed E-state index contributed by atoms with van der Waals surface area (Å²) in [5.41, 5.74) is 2.12. The van der Waals surface area contributed by atoms with Gasteiger partial charge in [-0.25, -0.2) is 0 Å². The molecule has 0 unspecified atom stereocenters. The number of amides is 1. The van der Waals surface area contributed by atoms with Crippen LogP contribution in [-0.2, 0) is 11.2 Å². The van der Waals surface area contributed by atoms with E-state index in [0.29, 0.717) is 28.9 Å². The maximum Gasteiger partial charge on any atom is 0.249 e. The monoisotopic (exact) mass is 327 g/mol. The highest BCUT2D eigenvalue weighted by Gasteiger charge is 2.20. The van der Waals surface area contributed by atoms with E-state index in [0.717, 1.165) is 5.56 Å². The second kappa shape index (κ2) is 6.61. The van der Waals surface area contributed by atoms with Crippen LogP contribution in [0, 0.1) is 13.8 Å². The van der Waals surface area contributed by atoms with Crippen LogP contribution in [0.25, 0.3) is 11.5 Å². The van der Waals surface area contributed by atoms with E-state index in [1.807, 2.05) is 12.1 Å². The van der Waals surface area contributed by atoms with Crippen molar-refractivity contribution in [1.29, 1.82) is 0 Å². The molecule has 24 heavy (non-hydrogen) atoms. The standard InChI is InChI=1S/C16H17N5O3/c1-9-12(11(3)23-20-9)8-14(22)18-10(2)16-19-15(21-24-16)13-6-4-5-7-17-13/h4-7,10H,8H2,1-3H3,(H,18,22)/t10-/m1/s1. The highest BCUT2D eigenvalue weighted by molar-refractivity contribution is 5.79. The van der Waals surface area contributed by atoms with Gasteiger partial charge in [0.25, 0.3) is 0 Å². The number of carbonyl (C=O) groups excluding carboxylic acids is 1. The number of aromatic nitrogens is 4. The van der Waals surface area contributed by atoms with Gasteiger partial charge >= 0.3 is 0 Å². The van der Waals surface area contributed by atoms with E-state index >= 15 is 0 Å². The fraction of sp³-hybridized carbons (Fsp3) is 0.312. The van der Waals surface area contributed by atoms with Gasteiger partial charge in [0, 0.05) is 11.8 Å². The van der Waals surface area contributed by atoms with Crippen LogP contribution in [0.15, 0.2) is 33.4 Å². The van der Waals surface area contributed by atoms with Crippen LogP contribution >= 0.6 is 0 Å². The molecule has 1 N–H and O–H groups in total. The van der Waals surface area contributed by atoms with Gasteiger partial charge in [-0.15, -0.1) is 0 Å². The molecule has 0 aliphatic carbocycles. The van der Waals surface area contributed by atoms with Crippen LogP contribution in [0.2, 0.25) is 0 Å². The van der Waals surface area contributed by atoms with E-state index in [4.69, 9.17) is 9.05 Å². The maximum absolute atomic E-state index is 12.2. The molecule has 0 radical (unpaired) electrons. The lowest BCUT2D eigenvalue weighted by molar-refractivity contribution is -0.121. The van der Waals surface area contributed by atoms with Gasteiger partial charge in [-0.2, -0.15) is 4.98 Å². The van der Waals surface area contributed by atoms with Crippen LogP contribution in [-0.4, -0.2) is 26.2 Å². The van der Waals surface area contributed by atoms with Crippen molar-refractivity contribution in [3.8, 4) is 11.5 Å². The molecule has 0 saturated heterocycles. The van der Waals surface area contributed by atoms with Gasteiger partial charge in [0.15, 0.2) is 0 Å². The van der Waals surface area contributed by atoms with Gasteiger partial charge in [0.05, 0.1) is 12.1 Å². The fourth-order valence-electron chi connectivity index (χ4n) is 2.28. The molecule has 0 bridgehead atoms. The topological polar surface area (TPSA) is 107 Å². The zero-order chi connectivity index (χ0) is 17.1. The van der Waals surface area contributed by atoms with Gasteiger partial charge in [0.2, 0.25) is 17.6 Å². The van der Waals surface area contributed by atoms with Crippen molar-refractivity contribution in [2.75, 3.05) is 0 Å². The van der Waals surface area contributed by atoms with Crippen molar-refractivity contribution < 1.29 is 13.8 Å². The van der Waals surface area contributed by atoms with Crippen LogP contribution in [0.5, 0.6) is 0 Å². The summed E-state index contributed by atoms with van der Waals surface area (Å²) in [5.74, 6) is 1.18. The SMILES string of the molecule is Cc1noc(C)c1CC(=O)N[C@H](C)c1nc(-c2ccccn2)no1. The normalized spacial score (nSPS) is 12.1. The first kappa shape index (κ1) is 15.9. The van der Waals surface area contributed by atoms with E-state index in [9.17, 15) is 4.79 Å². The van der Waals surface area contributed by atoms with Crippen molar-refractivity contribution in [2.45, 2.75) is 33.2 Å². The van der Waals surface area contributed by atoms with Gasteiger partial charge in [0.1, 0.15) is 17.5 Å². The number of hydrogen-bond acceptors (Lipinski definition) is 7. The van der Waals surface area contributed by atoms with Crippen LogP contribution < -0.4 is 5.32 Å². The average Bonchev–Trinajstić information content (AvgIpc) is 3.18. The molecule has 3 rings (SSSR count). The minimum Gasteiger partial charge on any atom is -0.361 e. The Balaban J connectivity index is 1.66. The van der Waals surface area contributed by atoms with Crippen LogP contribution in [0.4, 0.5) is 0 Å². The van der Waals surface area contributed by atoms with Crippen molar-refractivity contribution in [3.05, 3.63) is 47.3 Å². The molecule has 8 heteroatoms. The summed E-state index contributed by atoms with van der Waals surface area (Å²) in [6.45, 7) is 5.36. The Bertz CT molecular complexity index is 821. The number of aryl methyl sites for hydroxylation is 2. The quantitative estimate of drug-likeness (QED) is 0.765. The first-order valence-corrected chi connectivity index (χ1v) is 7.50. The summed E-state index contributed by atoms with van der Waals surface area (Å²) in [6, 6.07) is 5.02. The summed E-state index contributed by atoms with van der Waals surface area (Å²) in [7, 11) is 0. The van der Waals surface area contributed by atoms with Gasteiger partial charge in [-0.05, 0) is 32.9 Å². The molecule has 3 heterocycles. The van der Waals surface area contributed by atoms with E-state index in [-0.39, 0.29) is 12.3 Å². The number of hydrogen-bond donors (Lipinski definition) is 1. The summed E-state index contributed by atoms with van der Waals surface area (Å²) in [4.78, 5) is 20.6. The number of nitrogens with zero attached hydrogens (tertiary/aromatic N) is 4. The Kier molecular flexibility index (Phi) is 4.37. The minimum atomic E-state index is -0.414. The summed E-state index contributed by atoms with van der Waals surface area (Å²) >= 11 is 0. The lowest BCUT2D eigenvalue weighted by Gasteiger charge is -2.09. The number of rotatable bonds is 5. The minimum absolute atomic E-state index is 0.172. The molecular formula is C16H17N5O3. The molecule has 124 valence electrons. The van der Waals surface area contributed by atoms with Crippen molar-refractivity contribution in [1.82, 2.24) is 25.6 Å². The molecule has 0 aromatic carbocycles. The maximum atomic E-state index is 12.2. The lowest BCUT2D eigenvalue weighted by Crippen LogP contribution is -2.28. The Morgan fingerprint density at radius 3 is 2.75 bits per heavy atom. The molecule has 0 aliphatic heterocycles. The Morgan fingerprint density at radius 1 is 1.25 bits per heavy atom. The Hall–Kier alpha value is -3.03. The molecule has 1 amide bonds. The third kappa shape index (κ3) is 3.32. The first-order chi connectivity index (χ1) is 11.5. The molecule has 0 spiro atoms. The molecule has 0 saturated carbocycles. The average molecular weight is 327 g/mol. The summed E-state index contributed by atoms with van der Waals surface area (Å²) < 4.78 is 10.3. The predicted octanol–water partition coefficient (Wildman–Crippen LogP) is 2.16. The molecule has 3 aromatic heterocycles. The zero-order valence-electron chi connectivity index (χ0n) is 13.6. The van der Waals surface area contributed by atoms with Crippen LogP contribution in [0.1, 0.15) is 35.9 Å². The highest BCUT2D eigenvalue weighted by Crippen LogP contribution is 2.17. The molecule has 8 nitrogen and oxygen atoms in total. The molecule has 0 fully saturated rings. The van der Waals surface area contributed by atoms with E-state index in [1.165, 1.54) is 0 Å². The predicted molar refractivity (Wildman–Crippen MR) is 83.8 cm³/mol. The van der Waals surface area contributed by atoms with Crippen molar-refractivity contribution in [2.24, 2.45) is 0 Å². The lowest BCUT2D eigenvalue weighted by atomic mass is 10.1. The third-order valence-electron chi connectivity index (χ3n) is 3.60. The van der Waals surface area contributed by atoms with Gasteiger partial charge in [-0.3, -0.25) is 9.78 Å². The Labute approximate surface area is 138 Å². The summed E-state index contributed by atoms with van der Waals surface area (Å²) in [5, 5.41) is 10.6. The number of carbonyl (C=O) groups is 1. The molecular weight excluding hydrogens is 310 g/mol. The fourth-order valence-corrected chi connectivity index (χ4v) is 2.28. The van der Waals surface area contributed by atoms with Crippen molar-refractivity contribution in [3.63, 3.8) is 0 Å². The largest absolute Gasteiger partial charge is 0.361 e. The van der Waals surface area contributed by atoms with E-state index in [2.05, 4.69) is 25.6 Å². The number of nitrogens with one attached hydrogen (secondary N) is 1. The molecule has 1 atom stereocenters. The van der Waals surface area contributed by atoms with E-state index in [1.54, 1.807) is 33.0 Å². The third-order valence-corrected chi connectivity index (χ3v) is 3.60. The zero-order valence-corrected chi connectivity index (χ0v) is 13.6. The summed E-state index contributed by atoms with van der Waals surface area (Å²) in [6.07, 6.45) is 1.84. The van der Waals surface area contributed by atoms with Gasteiger partial charge < -0.3 is 14.4 Å². The smallest absolute Gasteiger partial charge is 0.249 e. The van der Waals surface area contributed by atoms with Crippen molar-refractivity contribution >= 4 is 5.91 Å². The first-order valence-electron chi connectivity index (χ1n) is 7.50. The highest BCUT2D eigenvalue weighted by atomic mass is 16.5. The molecule has 0 aliphatic rings. The number of pyridine rings is 1.